The Hall–Kier alpha value is -4.74. The molecule has 0 saturated heterocycles. The van der Waals surface area contributed by atoms with Crippen molar-refractivity contribution in [1.29, 1.82) is 5.41 Å². The Morgan fingerprint density at radius 1 is 1.09 bits per heavy atom. The molecule has 0 aliphatic carbocycles. The second kappa shape index (κ2) is 11.4. The number of hydrogen-bond donors (Lipinski definition) is 4. The number of benzene rings is 1. The molecule has 2 amide bonds. The number of rotatable bonds is 9. The van der Waals surface area contributed by atoms with Gasteiger partial charge in [0.1, 0.15) is 28.8 Å². The van der Waals surface area contributed by atoms with Crippen LogP contribution in [-0.4, -0.2) is 53.0 Å². The van der Waals surface area contributed by atoms with E-state index in [0.29, 0.717) is 22.9 Å². The highest BCUT2D eigenvalue weighted by Crippen LogP contribution is 2.29. The Bertz CT molecular complexity index is 1240. The van der Waals surface area contributed by atoms with Gasteiger partial charge in [-0.15, -0.1) is 0 Å². The molecule has 3 rings (SSSR count). The fraction of sp³-hybridized carbons (Fsp3) is 0.217. The van der Waals surface area contributed by atoms with Crippen LogP contribution in [0, 0.1) is 5.41 Å². The zero-order valence-electron chi connectivity index (χ0n) is 19.6. The zero-order chi connectivity index (χ0) is 25.4. The summed E-state index contributed by atoms with van der Waals surface area (Å²) < 4.78 is 16.7. The molecule has 2 aromatic heterocycles. The second-order valence-corrected chi connectivity index (χ2v) is 7.33. The Kier molecular flexibility index (Phi) is 8.11. The Morgan fingerprint density at radius 2 is 1.86 bits per heavy atom. The van der Waals surface area contributed by atoms with E-state index in [1.54, 1.807) is 31.3 Å². The van der Waals surface area contributed by atoms with Crippen LogP contribution in [0.25, 0.3) is 11.6 Å². The van der Waals surface area contributed by atoms with E-state index in [1.165, 1.54) is 31.6 Å². The van der Waals surface area contributed by atoms with Crippen molar-refractivity contribution in [3.8, 4) is 28.8 Å². The highest BCUT2D eigenvalue weighted by atomic mass is 16.5. The number of ether oxygens (including phenoxy) is 2. The number of pyridine rings is 1. The van der Waals surface area contributed by atoms with Gasteiger partial charge in [0.2, 0.25) is 0 Å². The SMILES string of the molecule is CN/C=C\C(=N)NC(=O)c1cc(Oc2ccc(-c3nc(C(=O)NC)no3)nc2)cc(OC(C)C)c1. The summed E-state index contributed by atoms with van der Waals surface area (Å²) in [6.07, 6.45) is 4.25. The van der Waals surface area contributed by atoms with Gasteiger partial charge in [-0.25, -0.2) is 4.98 Å². The van der Waals surface area contributed by atoms with Gasteiger partial charge in [0.15, 0.2) is 0 Å². The van der Waals surface area contributed by atoms with Crippen LogP contribution < -0.4 is 25.4 Å². The first-order chi connectivity index (χ1) is 16.8. The summed E-state index contributed by atoms with van der Waals surface area (Å²) in [7, 11) is 3.15. The maximum absolute atomic E-state index is 12.7. The van der Waals surface area contributed by atoms with Crippen LogP contribution in [0.15, 0.2) is 53.3 Å². The van der Waals surface area contributed by atoms with E-state index < -0.39 is 11.8 Å². The Labute approximate surface area is 201 Å². The number of carbonyl (C=O) groups excluding carboxylic acids is 2. The molecule has 0 radical (unpaired) electrons. The highest BCUT2D eigenvalue weighted by molar-refractivity contribution is 6.09. The molecular weight excluding hydrogens is 454 g/mol. The first kappa shape index (κ1) is 24.9. The van der Waals surface area contributed by atoms with Crippen molar-refractivity contribution in [2.75, 3.05) is 14.1 Å². The van der Waals surface area contributed by atoms with E-state index in [-0.39, 0.29) is 29.2 Å². The average molecular weight is 479 g/mol. The van der Waals surface area contributed by atoms with Crippen molar-refractivity contribution >= 4 is 17.6 Å². The van der Waals surface area contributed by atoms with Crippen molar-refractivity contribution in [2.45, 2.75) is 20.0 Å². The summed E-state index contributed by atoms with van der Waals surface area (Å²) in [5.74, 6) is 0.0584. The molecule has 0 bridgehead atoms. The highest BCUT2D eigenvalue weighted by Gasteiger charge is 2.16. The van der Waals surface area contributed by atoms with Gasteiger partial charge in [-0.05, 0) is 50.4 Å². The molecule has 0 aliphatic heterocycles. The van der Waals surface area contributed by atoms with Gasteiger partial charge in [0.25, 0.3) is 23.5 Å². The molecule has 0 saturated carbocycles. The van der Waals surface area contributed by atoms with Crippen molar-refractivity contribution in [2.24, 2.45) is 0 Å². The van der Waals surface area contributed by atoms with Crippen molar-refractivity contribution in [1.82, 2.24) is 31.1 Å². The second-order valence-electron chi connectivity index (χ2n) is 7.33. The first-order valence-electron chi connectivity index (χ1n) is 10.5. The van der Waals surface area contributed by atoms with Crippen LogP contribution in [0.3, 0.4) is 0 Å². The first-order valence-corrected chi connectivity index (χ1v) is 10.5. The molecule has 182 valence electrons. The fourth-order valence-corrected chi connectivity index (χ4v) is 2.74. The van der Waals surface area contributed by atoms with Crippen LogP contribution in [-0.2, 0) is 0 Å². The van der Waals surface area contributed by atoms with Gasteiger partial charge >= 0.3 is 0 Å². The summed E-state index contributed by atoms with van der Waals surface area (Å²) in [5, 5.41) is 19.1. The minimum atomic E-state index is -0.494. The molecule has 0 spiro atoms. The molecule has 35 heavy (non-hydrogen) atoms. The van der Waals surface area contributed by atoms with Crippen LogP contribution in [0.2, 0.25) is 0 Å². The molecule has 0 fully saturated rings. The smallest absolute Gasteiger partial charge is 0.292 e. The van der Waals surface area contributed by atoms with Gasteiger partial charge in [-0.1, -0.05) is 5.16 Å². The lowest BCUT2D eigenvalue weighted by molar-refractivity contribution is 0.0947. The molecule has 0 unspecified atom stereocenters. The van der Waals surface area contributed by atoms with Gasteiger partial charge in [0.05, 0.1) is 12.3 Å². The van der Waals surface area contributed by atoms with Gasteiger partial charge in [-0.2, -0.15) is 4.98 Å². The molecule has 12 nitrogen and oxygen atoms in total. The number of nitrogens with one attached hydrogen (secondary N) is 4. The zero-order valence-corrected chi connectivity index (χ0v) is 19.6. The lowest BCUT2D eigenvalue weighted by Gasteiger charge is -2.14. The number of amides is 2. The Balaban J connectivity index is 1.80. The third-order valence-corrected chi connectivity index (χ3v) is 4.23. The predicted octanol–water partition coefficient (Wildman–Crippen LogP) is 2.51. The van der Waals surface area contributed by atoms with Gasteiger partial charge in [0, 0.05) is 25.7 Å². The maximum atomic E-state index is 12.7. The largest absolute Gasteiger partial charge is 0.491 e. The van der Waals surface area contributed by atoms with E-state index in [9.17, 15) is 9.59 Å². The van der Waals surface area contributed by atoms with E-state index in [4.69, 9.17) is 19.4 Å². The molecule has 2 heterocycles. The number of aromatic nitrogens is 3. The monoisotopic (exact) mass is 479 g/mol. The predicted molar refractivity (Wildman–Crippen MR) is 127 cm³/mol. The number of carbonyl (C=O) groups is 2. The van der Waals surface area contributed by atoms with E-state index in [2.05, 4.69) is 31.1 Å². The van der Waals surface area contributed by atoms with Crippen molar-refractivity contribution in [3.05, 3.63) is 60.2 Å². The molecule has 0 aliphatic rings. The maximum Gasteiger partial charge on any atom is 0.292 e. The number of amidine groups is 1. The topological polar surface area (TPSA) is 164 Å². The third-order valence-electron chi connectivity index (χ3n) is 4.23. The summed E-state index contributed by atoms with van der Waals surface area (Å²) in [4.78, 5) is 32.5. The standard InChI is InChI=1S/C23H25N7O5/c1-13(2)33-16-9-14(21(31)28-19(24)7-8-25-3)10-17(11-16)34-15-5-6-18(27-12-15)23-29-20(30-35-23)22(32)26-4/h5-13,25H,1-4H3,(H,26,32)(H2,24,28,31)/b8-7-. The summed E-state index contributed by atoms with van der Waals surface area (Å²) >= 11 is 0. The quantitative estimate of drug-likeness (QED) is 0.266. The fourth-order valence-electron chi connectivity index (χ4n) is 2.74. The van der Waals surface area contributed by atoms with E-state index in [1.807, 2.05) is 13.8 Å². The van der Waals surface area contributed by atoms with E-state index in [0.717, 1.165) is 0 Å². The lowest BCUT2D eigenvalue weighted by Crippen LogP contribution is -2.28. The molecule has 0 atom stereocenters. The van der Waals surface area contributed by atoms with Crippen LogP contribution in [0.1, 0.15) is 34.8 Å². The minimum Gasteiger partial charge on any atom is -0.491 e. The Morgan fingerprint density at radius 3 is 2.51 bits per heavy atom. The summed E-state index contributed by atoms with van der Waals surface area (Å²) in [6, 6.07) is 7.95. The van der Waals surface area contributed by atoms with Crippen LogP contribution >= 0.6 is 0 Å². The normalized spacial score (nSPS) is 10.8. The lowest BCUT2D eigenvalue weighted by atomic mass is 10.2. The minimum absolute atomic E-state index is 0.0798. The third kappa shape index (κ3) is 6.87. The molecule has 4 N–H and O–H groups in total. The van der Waals surface area contributed by atoms with Crippen LogP contribution in [0.4, 0.5) is 0 Å². The molecule has 1 aromatic carbocycles. The molecular formula is C23H25N7O5. The van der Waals surface area contributed by atoms with Crippen molar-refractivity contribution in [3.63, 3.8) is 0 Å². The van der Waals surface area contributed by atoms with Crippen LogP contribution in [0.5, 0.6) is 17.2 Å². The molecule has 12 heteroatoms. The van der Waals surface area contributed by atoms with Gasteiger partial charge in [-0.3, -0.25) is 15.0 Å². The van der Waals surface area contributed by atoms with E-state index >= 15 is 0 Å². The number of hydrogen-bond acceptors (Lipinski definition) is 10. The molecule has 3 aromatic rings. The summed E-state index contributed by atoms with van der Waals surface area (Å²) in [6.45, 7) is 3.72. The average Bonchev–Trinajstić information content (AvgIpc) is 3.32. The number of nitrogens with zero attached hydrogens (tertiary/aromatic N) is 3. The van der Waals surface area contributed by atoms with Gasteiger partial charge < -0.3 is 29.9 Å². The summed E-state index contributed by atoms with van der Waals surface area (Å²) in [5.41, 5.74) is 0.600. The van der Waals surface area contributed by atoms with Crippen molar-refractivity contribution < 1.29 is 23.6 Å².